The first-order valence-electron chi connectivity index (χ1n) is 17.1. The van der Waals surface area contributed by atoms with E-state index in [9.17, 15) is 0 Å². The van der Waals surface area contributed by atoms with E-state index in [-0.39, 0.29) is 0 Å². The van der Waals surface area contributed by atoms with Crippen LogP contribution in [-0.2, 0) is 0 Å². The van der Waals surface area contributed by atoms with Crippen molar-refractivity contribution in [2.75, 3.05) is 0 Å². The minimum absolute atomic E-state index is 0.624. The predicted molar refractivity (Wildman–Crippen MR) is 209 cm³/mol. The molecule has 2 aromatic heterocycles. The summed E-state index contributed by atoms with van der Waals surface area (Å²) in [5, 5.41) is 6.83. The SMILES string of the molecule is c1ccc(-c2nc(-c3ccc(-c4ccc5oc6ccccc6c5c4)cc3)nc(-c3c(-c4cccc5ccccc45)ccc4ccccc34)n2)cc1. The molecule has 0 amide bonds. The number of nitrogens with zero attached hydrogens (tertiary/aromatic N) is 3. The fourth-order valence-corrected chi connectivity index (χ4v) is 7.25. The van der Waals surface area contributed by atoms with Crippen LogP contribution < -0.4 is 0 Å². The van der Waals surface area contributed by atoms with Gasteiger partial charge in [0.2, 0.25) is 0 Å². The molecule has 4 nitrogen and oxygen atoms in total. The summed E-state index contributed by atoms with van der Waals surface area (Å²) < 4.78 is 6.08. The number of benzene rings is 8. The number of hydrogen-bond donors (Lipinski definition) is 0. The van der Waals surface area contributed by atoms with Crippen molar-refractivity contribution in [2.45, 2.75) is 0 Å². The highest BCUT2D eigenvalue weighted by Crippen LogP contribution is 2.41. The Labute approximate surface area is 294 Å². The van der Waals surface area contributed by atoms with Crippen molar-refractivity contribution in [2.24, 2.45) is 0 Å². The van der Waals surface area contributed by atoms with Gasteiger partial charge in [-0.05, 0) is 62.0 Å². The molecular weight excluding hydrogens is 623 g/mol. The first-order valence-corrected chi connectivity index (χ1v) is 17.1. The molecular formula is C47H29N3O. The molecule has 0 spiro atoms. The van der Waals surface area contributed by atoms with E-state index in [2.05, 4.69) is 146 Å². The maximum absolute atomic E-state index is 6.08. The average molecular weight is 652 g/mol. The van der Waals surface area contributed by atoms with Crippen LogP contribution in [0.25, 0.3) is 99.9 Å². The Kier molecular flexibility index (Phi) is 6.78. The molecule has 0 fully saturated rings. The molecule has 0 saturated heterocycles. The minimum atomic E-state index is 0.624. The van der Waals surface area contributed by atoms with E-state index in [4.69, 9.17) is 19.4 Å². The van der Waals surface area contributed by atoms with E-state index >= 15 is 0 Å². The highest BCUT2D eigenvalue weighted by Gasteiger charge is 2.19. The van der Waals surface area contributed by atoms with Gasteiger partial charge in [-0.15, -0.1) is 0 Å². The summed E-state index contributed by atoms with van der Waals surface area (Å²) in [4.78, 5) is 15.5. The van der Waals surface area contributed by atoms with Gasteiger partial charge >= 0.3 is 0 Å². The van der Waals surface area contributed by atoms with Gasteiger partial charge in [0, 0.05) is 27.5 Å². The summed E-state index contributed by atoms with van der Waals surface area (Å²) in [6.45, 7) is 0. The van der Waals surface area contributed by atoms with Gasteiger partial charge in [0.05, 0.1) is 0 Å². The summed E-state index contributed by atoms with van der Waals surface area (Å²) in [7, 11) is 0. The monoisotopic (exact) mass is 651 g/mol. The molecule has 0 atom stereocenters. The maximum Gasteiger partial charge on any atom is 0.165 e. The van der Waals surface area contributed by atoms with Gasteiger partial charge in [0.25, 0.3) is 0 Å². The van der Waals surface area contributed by atoms with Gasteiger partial charge in [0.1, 0.15) is 11.2 Å². The van der Waals surface area contributed by atoms with Gasteiger partial charge in [-0.3, -0.25) is 0 Å². The summed E-state index contributed by atoms with van der Waals surface area (Å²) in [6.07, 6.45) is 0. The second kappa shape index (κ2) is 11.9. The van der Waals surface area contributed by atoms with Crippen LogP contribution in [0.15, 0.2) is 180 Å². The van der Waals surface area contributed by atoms with E-state index < -0.39 is 0 Å². The third kappa shape index (κ3) is 5.04. The number of rotatable bonds is 5. The zero-order chi connectivity index (χ0) is 33.7. The molecule has 0 aliphatic rings. The third-order valence-electron chi connectivity index (χ3n) is 9.75. The van der Waals surface area contributed by atoms with Crippen molar-refractivity contribution in [3.8, 4) is 56.4 Å². The van der Waals surface area contributed by atoms with Crippen molar-refractivity contribution in [1.29, 1.82) is 0 Å². The number of para-hydroxylation sites is 1. The van der Waals surface area contributed by atoms with Crippen LogP contribution in [0.1, 0.15) is 0 Å². The second-order valence-electron chi connectivity index (χ2n) is 12.8. The maximum atomic E-state index is 6.08. The van der Waals surface area contributed by atoms with Crippen molar-refractivity contribution < 1.29 is 4.42 Å². The molecule has 0 bridgehead atoms. The molecule has 0 N–H and O–H groups in total. The van der Waals surface area contributed by atoms with Gasteiger partial charge in [-0.25, -0.2) is 15.0 Å². The van der Waals surface area contributed by atoms with Crippen LogP contribution in [0.5, 0.6) is 0 Å². The van der Waals surface area contributed by atoms with E-state index in [0.717, 1.165) is 71.7 Å². The van der Waals surface area contributed by atoms with E-state index in [1.165, 1.54) is 10.8 Å². The van der Waals surface area contributed by atoms with E-state index in [1.54, 1.807) is 0 Å². The Morgan fingerprint density at radius 2 is 0.882 bits per heavy atom. The van der Waals surface area contributed by atoms with Gasteiger partial charge < -0.3 is 4.42 Å². The number of fused-ring (bicyclic) bond motifs is 5. The molecule has 238 valence electrons. The molecule has 10 rings (SSSR count). The fourth-order valence-electron chi connectivity index (χ4n) is 7.25. The zero-order valence-corrected chi connectivity index (χ0v) is 27.5. The predicted octanol–water partition coefficient (Wildman–Crippen LogP) is 12.4. The van der Waals surface area contributed by atoms with Crippen molar-refractivity contribution in [3.63, 3.8) is 0 Å². The van der Waals surface area contributed by atoms with Crippen LogP contribution in [0.2, 0.25) is 0 Å². The summed E-state index contributed by atoms with van der Waals surface area (Å²) in [6, 6.07) is 61.1. The van der Waals surface area contributed by atoms with E-state index in [0.29, 0.717) is 17.5 Å². The molecule has 0 unspecified atom stereocenters. The highest BCUT2D eigenvalue weighted by molar-refractivity contribution is 6.08. The van der Waals surface area contributed by atoms with Crippen molar-refractivity contribution in [3.05, 3.63) is 176 Å². The minimum Gasteiger partial charge on any atom is -0.456 e. The number of aromatic nitrogens is 3. The lowest BCUT2D eigenvalue weighted by Gasteiger charge is -2.16. The Morgan fingerprint density at radius 3 is 1.69 bits per heavy atom. The van der Waals surface area contributed by atoms with Crippen molar-refractivity contribution >= 4 is 43.5 Å². The molecule has 4 heteroatoms. The lowest BCUT2D eigenvalue weighted by Crippen LogP contribution is -2.02. The summed E-state index contributed by atoms with van der Waals surface area (Å²) in [5.74, 6) is 1.90. The van der Waals surface area contributed by atoms with Gasteiger partial charge in [0.15, 0.2) is 17.5 Å². The molecule has 0 radical (unpaired) electrons. The quantitative estimate of drug-likeness (QED) is 0.186. The zero-order valence-electron chi connectivity index (χ0n) is 27.5. The molecule has 2 heterocycles. The summed E-state index contributed by atoms with van der Waals surface area (Å²) >= 11 is 0. The van der Waals surface area contributed by atoms with Crippen LogP contribution in [-0.4, -0.2) is 15.0 Å². The van der Waals surface area contributed by atoms with Gasteiger partial charge in [-0.2, -0.15) is 0 Å². The largest absolute Gasteiger partial charge is 0.456 e. The van der Waals surface area contributed by atoms with Gasteiger partial charge in [-0.1, -0.05) is 158 Å². The first-order chi connectivity index (χ1) is 25.3. The lowest BCUT2D eigenvalue weighted by atomic mass is 9.90. The van der Waals surface area contributed by atoms with E-state index in [1.807, 2.05) is 30.3 Å². The molecule has 0 aliphatic carbocycles. The Balaban J connectivity index is 1.15. The Morgan fingerprint density at radius 1 is 0.314 bits per heavy atom. The smallest absolute Gasteiger partial charge is 0.165 e. The van der Waals surface area contributed by atoms with Crippen LogP contribution in [0.3, 0.4) is 0 Å². The standard InChI is InChI=1S/C47H29N3O/c1-2-13-33(14-3-1)45-48-46(34-23-21-30(22-24-34)35-26-28-43-41(29-35)39-18-8-9-20-42(39)51-43)50-47(49-45)44-37-17-7-5-12-32(37)25-27-40(44)38-19-10-15-31-11-4-6-16-36(31)38/h1-29H. The average Bonchev–Trinajstić information content (AvgIpc) is 3.58. The normalized spacial score (nSPS) is 11.5. The molecule has 0 aliphatic heterocycles. The Hall–Kier alpha value is -6.91. The highest BCUT2D eigenvalue weighted by atomic mass is 16.3. The van der Waals surface area contributed by atoms with Crippen molar-refractivity contribution in [1.82, 2.24) is 15.0 Å². The molecule has 10 aromatic rings. The van der Waals surface area contributed by atoms with Crippen LogP contribution >= 0.6 is 0 Å². The molecule has 51 heavy (non-hydrogen) atoms. The number of furan rings is 1. The molecule has 8 aromatic carbocycles. The van der Waals surface area contributed by atoms with Crippen LogP contribution in [0, 0.1) is 0 Å². The second-order valence-corrected chi connectivity index (χ2v) is 12.8. The lowest BCUT2D eigenvalue weighted by molar-refractivity contribution is 0.669. The fraction of sp³-hybridized carbons (Fsp3) is 0. The third-order valence-corrected chi connectivity index (χ3v) is 9.75. The summed E-state index contributed by atoms with van der Waals surface area (Å²) in [5.41, 5.74) is 9.08. The Bertz CT molecular complexity index is 2900. The molecule has 0 saturated carbocycles. The first kappa shape index (κ1) is 29.0. The number of hydrogen-bond acceptors (Lipinski definition) is 4. The topological polar surface area (TPSA) is 51.8 Å². The van der Waals surface area contributed by atoms with Crippen LogP contribution in [0.4, 0.5) is 0 Å².